The van der Waals surface area contributed by atoms with Crippen molar-refractivity contribution in [1.29, 1.82) is 0 Å². The number of hydrogen-bond acceptors (Lipinski definition) is 8. The van der Waals surface area contributed by atoms with Crippen molar-refractivity contribution in [3.05, 3.63) is 35.5 Å². The van der Waals surface area contributed by atoms with Crippen LogP contribution >= 0.6 is 0 Å². The Morgan fingerprint density at radius 3 is 2.52 bits per heavy atom. The van der Waals surface area contributed by atoms with Crippen LogP contribution in [0.5, 0.6) is 0 Å². The van der Waals surface area contributed by atoms with Gasteiger partial charge in [0.2, 0.25) is 0 Å². The molecule has 1 aliphatic rings. The van der Waals surface area contributed by atoms with Crippen LogP contribution in [0.4, 0.5) is 0 Å². The molecule has 142 valence electrons. The van der Waals surface area contributed by atoms with Crippen LogP contribution in [0.2, 0.25) is 0 Å². The van der Waals surface area contributed by atoms with E-state index in [1.54, 1.807) is 24.3 Å². The maximum Gasteiger partial charge on any atom is 1.00 e. The third kappa shape index (κ3) is 4.21. The number of aromatic nitrogens is 1. The number of aliphatic carboxylic acids is 1. The topological polar surface area (TPSA) is 172 Å². The third-order valence-electron chi connectivity index (χ3n) is 4.75. The summed E-state index contributed by atoms with van der Waals surface area (Å²) in [5, 5.41) is 51.5. The smallest absolute Gasteiger partial charge is 0.548 e. The van der Waals surface area contributed by atoms with Crippen molar-refractivity contribution < 1.29 is 64.6 Å². The molecule has 9 nitrogen and oxygen atoms in total. The van der Waals surface area contributed by atoms with Crippen LogP contribution in [0.25, 0.3) is 10.9 Å². The summed E-state index contributed by atoms with van der Waals surface area (Å²) >= 11 is 0. The van der Waals surface area contributed by atoms with Crippen LogP contribution in [0.3, 0.4) is 0 Å². The van der Waals surface area contributed by atoms with Gasteiger partial charge in [0.25, 0.3) is 0 Å². The summed E-state index contributed by atoms with van der Waals surface area (Å²) in [5.74, 6) is -1.42. The van der Waals surface area contributed by atoms with Crippen LogP contribution in [0.15, 0.2) is 24.3 Å². The zero-order valence-corrected chi connectivity index (χ0v) is 16.8. The van der Waals surface area contributed by atoms with Gasteiger partial charge in [-0.3, -0.25) is 0 Å². The molecule has 0 unspecified atom stereocenters. The van der Waals surface area contributed by atoms with Gasteiger partial charge in [-0.15, -0.1) is 0 Å². The summed E-state index contributed by atoms with van der Waals surface area (Å²) in [6.07, 6.45) is -6.78. The van der Waals surface area contributed by atoms with Gasteiger partial charge in [-0.25, -0.2) is 0 Å². The van der Waals surface area contributed by atoms with E-state index in [1.165, 1.54) is 0 Å². The quantitative estimate of drug-likeness (QED) is 0.275. The van der Waals surface area contributed by atoms with Gasteiger partial charge in [0.05, 0.1) is 18.3 Å². The molecule has 2 aromatic rings. The number of H-pyrrole nitrogens is 1. The first-order valence-corrected chi connectivity index (χ1v) is 8.21. The fourth-order valence-electron chi connectivity index (χ4n) is 3.33. The largest absolute Gasteiger partial charge is 1.00 e. The van der Waals surface area contributed by atoms with Gasteiger partial charge < -0.3 is 45.8 Å². The van der Waals surface area contributed by atoms with Gasteiger partial charge in [0.15, 0.2) is 0 Å². The number of benzene rings is 1. The fourth-order valence-corrected chi connectivity index (χ4v) is 3.33. The number of carboxylic acids is 1. The summed E-state index contributed by atoms with van der Waals surface area (Å²) in [4.78, 5) is 14.1. The fraction of sp³-hybridized carbons (Fsp3) is 0.471. The van der Waals surface area contributed by atoms with Gasteiger partial charge in [-0.05, 0) is 18.1 Å². The first-order chi connectivity index (χ1) is 12.3. The molecular formula is C17H21N2NaO7. The average molecular weight is 388 g/mol. The molecule has 6 atom stereocenters. The van der Waals surface area contributed by atoms with Crippen molar-refractivity contribution in [3.63, 3.8) is 0 Å². The van der Waals surface area contributed by atoms with E-state index < -0.39 is 49.1 Å². The molecule has 1 saturated heterocycles. The molecule has 7 N–H and O–H groups in total. The molecule has 1 aliphatic heterocycles. The summed E-state index contributed by atoms with van der Waals surface area (Å²) in [6, 6.07) is 5.78. The molecule has 0 spiro atoms. The standard InChI is InChI=1S/C17H22N2O7.Na/c18-9(17(24)25)5-8-7-3-1-2-4-10(7)19-12(8)16-15(23)14(22)13(21)11(6-20)26-16;/h1-4,9,11,13-16,19-23H,5-6,18H2,(H,24,25);/q;+1/p-1/t9-,11+,13+,14-,15-,16+;/m0./s1. The van der Waals surface area contributed by atoms with Gasteiger partial charge in [0.1, 0.15) is 30.5 Å². The maximum atomic E-state index is 11.1. The molecule has 10 heteroatoms. The Morgan fingerprint density at radius 2 is 1.89 bits per heavy atom. The minimum absolute atomic E-state index is 0. The van der Waals surface area contributed by atoms with Gasteiger partial charge in [0, 0.05) is 16.9 Å². The first-order valence-electron chi connectivity index (χ1n) is 8.21. The van der Waals surface area contributed by atoms with Crippen LogP contribution in [0, 0.1) is 0 Å². The van der Waals surface area contributed by atoms with E-state index in [1.807, 2.05) is 0 Å². The molecule has 3 rings (SSSR count). The zero-order chi connectivity index (χ0) is 19.0. The van der Waals surface area contributed by atoms with E-state index in [0.29, 0.717) is 22.2 Å². The van der Waals surface area contributed by atoms with Crippen molar-refractivity contribution >= 4 is 16.9 Å². The van der Waals surface area contributed by atoms with Gasteiger partial charge in [-0.2, -0.15) is 0 Å². The Bertz CT molecular complexity index is 797. The third-order valence-corrected chi connectivity index (χ3v) is 4.75. The number of nitrogens with one attached hydrogen (secondary N) is 1. The van der Waals surface area contributed by atoms with Crippen LogP contribution in [-0.2, 0) is 16.0 Å². The van der Waals surface area contributed by atoms with Crippen molar-refractivity contribution in [1.82, 2.24) is 4.98 Å². The molecule has 1 aromatic heterocycles. The van der Waals surface area contributed by atoms with Crippen molar-refractivity contribution in [2.24, 2.45) is 5.73 Å². The van der Waals surface area contributed by atoms with Crippen LogP contribution in [0.1, 0.15) is 17.4 Å². The summed E-state index contributed by atoms with van der Waals surface area (Å²) < 4.78 is 5.58. The normalized spacial score (nSPS) is 29.3. The molecule has 27 heavy (non-hydrogen) atoms. The zero-order valence-electron chi connectivity index (χ0n) is 14.8. The molecule has 0 bridgehead atoms. The molecule has 0 aliphatic carbocycles. The van der Waals surface area contributed by atoms with E-state index in [9.17, 15) is 30.3 Å². The predicted octanol–water partition coefficient (Wildman–Crippen LogP) is -5.69. The van der Waals surface area contributed by atoms with Crippen LogP contribution < -0.4 is 40.4 Å². The number of para-hydroxylation sites is 1. The van der Waals surface area contributed by atoms with E-state index in [2.05, 4.69) is 4.98 Å². The molecule has 0 amide bonds. The van der Waals surface area contributed by atoms with E-state index >= 15 is 0 Å². The first kappa shape index (κ1) is 22.3. The van der Waals surface area contributed by atoms with Crippen molar-refractivity contribution in [3.8, 4) is 0 Å². The number of carbonyl (C=O) groups is 1. The second kappa shape index (κ2) is 8.99. The monoisotopic (exact) mass is 388 g/mol. The number of ether oxygens (including phenoxy) is 1. The molecule has 0 saturated carbocycles. The Balaban J connectivity index is 0.00000261. The summed E-state index contributed by atoms with van der Waals surface area (Å²) in [7, 11) is 0. The van der Waals surface area contributed by atoms with Gasteiger partial charge >= 0.3 is 29.6 Å². The maximum absolute atomic E-state index is 11.1. The number of nitrogens with two attached hydrogens (primary N) is 1. The minimum atomic E-state index is -1.54. The Hall–Kier alpha value is -1.01. The van der Waals surface area contributed by atoms with E-state index in [4.69, 9.17) is 10.5 Å². The van der Waals surface area contributed by atoms with E-state index in [-0.39, 0.29) is 36.0 Å². The molecular weight excluding hydrogens is 367 g/mol. The number of aliphatic hydroxyl groups excluding tert-OH is 4. The average Bonchev–Trinajstić information content (AvgIpc) is 2.98. The number of hydrogen-bond donors (Lipinski definition) is 6. The van der Waals surface area contributed by atoms with Crippen molar-refractivity contribution in [2.75, 3.05) is 6.61 Å². The van der Waals surface area contributed by atoms with E-state index in [0.717, 1.165) is 0 Å². The molecule has 2 heterocycles. The number of fused-ring (bicyclic) bond motifs is 1. The number of rotatable bonds is 5. The second-order valence-electron chi connectivity index (χ2n) is 6.44. The minimum Gasteiger partial charge on any atom is -0.548 e. The van der Waals surface area contributed by atoms with Crippen molar-refractivity contribution in [2.45, 2.75) is 43.0 Å². The molecule has 1 aromatic carbocycles. The molecule has 0 radical (unpaired) electrons. The predicted molar refractivity (Wildman–Crippen MR) is 87.7 cm³/mol. The SMILES string of the molecule is N[C@@H](Cc1c([C@H]2O[C@H](CO)[C@@H](O)[C@H](O)[C@@H]2O)[nH]c2ccccc12)C(=O)[O-].[Na+]. The van der Waals surface area contributed by atoms with Crippen LogP contribution in [-0.4, -0.2) is 68.4 Å². The summed E-state index contributed by atoms with van der Waals surface area (Å²) in [5.41, 5.74) is 7.13. The molecule has 1 fully saturated rings. The second-order valence-corrected chi connectivity index (χ2v) is 6.44. The number of aromatic amines is 1. The number of aliphatic hydroxyl groups is 4. The Labute approximate surface area is 177 Å². The number of carbonyl (C=O) groups excluding carboxylic acids is 1. The summed E-state index contributed by atoms with van der Waals surface area (Å²) in [6.45, 7) is -0.560. The van der Waals surface area contributed by atoms with Gasteiger partial charge in [-0.1, -0.05) is 18.2 Å². The Morgan fingerprint density at radius 1 is 1.22 bits per heavy atom. The number of carboxylic acid groups (broad SMARTS) is 1. The Kier molecular flexibility index (Phi) is 7.42.